The zero-order valence-corrected chi connectivity index (χ0v) is 22.9. The molecule has 15 heteroatoms. The number of carbonyl (C=O) groups is 2. The molecule has 0 aliphatic heterocycles. The summed E-state index contributed by atoms with van der Waals surface area (Å²) in [6.45, 7) is 2.26. The third-order valence-electron chi connectivity index (χ3n) is 5.72. The van der Waals surface area contributed by atoms with Gasteiger partial charge in [0, 0.05) is 33.1 Å². The minimum Gasteiger partial charge on any atom is -0.322 e. The Morgan fingerprint density at radius 1 is 0.780 bits per heavy atom. The first-order valence-corrected chi connectivity index (χ1v) is 13.6. The van der Waals surface area contributed by atoms with Crippen molar-refractivity contribution in [2.24, 2.45) is 0 Å². The highest BCUT2D eigenvalue weighted by atomic mass is 35.5. The second kappa shape index (κ2) is 11.3. The lowest BCUT2D eigenvalue weighted by atomic mass is 9.89. The molecule has 0 saturated heterocycles. The fourth-order valence-electron chi connectivity index (χ4n) is 3.98. The molecule has 220 valence electrons. The average molecular weight is 623 g/mol. The number of hydrogen-bond acceptors (Lipinski definition) is 5. The summed E-state index contributed by atoms with van der Waals surface area (Å²) in [5, 5.41) is 5.34. The second-order valence-corrected chi connectivity index (χ2v) is 11.0. The lowest BCUT2D eigenvalue weighted by molar-refractivity contribution is -0.364. The van der Waals surface area contributed by atoms with Gasteiger partial charge in [0.15, 0.2) is 0 Å². The Balaban J connectivity index is 1.95. The molecule has 0 aromatic heterocycles. The zero-order chi connectivity index (χ0) is 31.0. The van der Waals surface area contributed by atoms with Gasteiger partial charge < -0.3 is 10.6 Å². The van der Waals surface area contributed by atoms with Gasteiger partial charge in [-0.15, -0.1) is 0 Å². The van der Waals surface area contributed by atoms with Crippen molar-refractivity contribution in [1.29, 1.82) is 0 Å². The van der Waals surface area contributed by atoms with Gasteiger partial charge in [0.1, 0.15) is 0 Å². The number of nitrogens with one attached hydrogen (secondary N) is 2. The number of halogens is 7. The van der Waals surface area contributed by atoms with E-state index in [1.54, 1.807) is 12.1 Å². The minimum absolute atomic E-state index is 0.00268. The third kappa shape index (κ3) is 7.00. The summed E-state index contributed by atoms with van der Waals surface area (Å²) in [5.41, 5.74) is -6.89. The van der Waals surface area contributed by atoms with Crippen LogP contribution in [0.15, 0.2) is 60.7 Å². The van der Waals surface area contributed by atoms with Crippen LogP contribution in [0.2, 0.25) is 5.02 Å². The topological polar surface area (TPSA) is 102 Å². The van der Waals surface area contributed by atoms with E-state index in [4.69, 9.17) is 11.6 Å². The normalized spacial score (nSPS) is 12.6. The van der Waals surface area contributed by atoms with Crippen LogP contribution in [-0.2, 0) is 19.9 Å². The monoisotopic (exact) mass is 622 g/mol. The van der Waals surface area contributed by atoms with Crippen LogP contribution < -0.4 is 10.6 Å². The molecule has 3 aromatic rings. The Kier molecular flexibility index (Phi) is 8.82. The first-order valence-electron chi connectivity index (χ1n) is 11.4. The van der Waals surface area contributed by atoms with Gasteiger partial charge in [-0.3, -0.25) is 9.59 Å². The molecule has 2 N–H and O–H groups in total. The van der Waals surface area contributed by atoms with Crippen LogP contribution >= 0.6 is 11.6 Å². The van der Waals surface area contributed by atoms with Crippen LogP contribution in [0.5, 0.6) is 0 Å². The molecule has 3 rings (SSSR count). The Labute approximate surface area is 235 Å². The van der Waals surface area contributed by atoms with Crippen molar-refractivity contribution in [1.82, 2.24) is 0 Å². The summed E-state index contributed by atoms with van der Waals surface area (Å²) < 4.78 is 110. The fourth-order valence-corrected chi connectivity index (χ4v) is 4.91. The standard InChI is InChI=1S/C26H21ClF6N2O5S/c1-14-10-18(24(25(28,29)30,26(31,32)33)40-41(3,38)39)11-15(2)21(14)35-23(37)17-7-5-9-20(13-17)34-22(36)16-6-4-8-19(27)12-16/h4-13H,1-3H3,(H,34,36)(H,35,37). The molecule has 0 radical (unpaired) electrons. The number of carbonyl (C=O) groups excluding carboxylic acids is 2. The molecule has 2 amide bonds. The Hall–Kier alpha value is -3.62. The van der Waals surface area contributed by atoms with E-state index in [1.165, 1.54) is 36.4 Å². The Bertz CT molecular complexity index is 1570. The van der Waals surface area contributed by atoms with E-state index < -0.39 is 45.4 Å². The zero-order valence-electron chi connectivity index (χ0n) is 21.4. The maximum atomic E-state index is 13.9. The summed E-state index contributed by atoms with van der Waals surface area (Å²) in [7, 11) is -5.27. The van der Waals surface area contributed by atoms with E-state index in [-0.39, 0.29) is 39.9 Å². The van der Waals surface area contributed by atoms with Crippen molar-refractivity contribution in [3.8, 4) is 0 Å². The first-order chi connectivity index (χ1) is 18.7. The van der Waals surface area contributed by atoms with Crippen LogP contribution in [0, 0.1) is 13.8 Å². The molecule has 0 heterocycles. The smallest absolute Gasteiger partial charge is 0.322 e. The van der Waals surface area contributed by atoms with Gasteiger partial charge >= 0.3 is 18.0 Å². The van der Waals surface area contributed by atoms with E-state index in [1.807, 2.05) is 0 Å². The molecule has 0 fully saturated rings. The third-order valence-corrected chi connectivity index (χ3v) is 6.51. The van der Waals surface area contributed by atoms with Gasteiger partial charge in [-0.2, -0.15) is 34.8 Å². The molecule has 0 bridgehead atoms. The first kappa shape index (κ1) is 31.9. The maximum absolute atomic E-state index is 13.9. The van der Waals surface area contributed by atoms with E-state index in [2.05, 4.69) is 14.8 Å². The van der Waals surface area contributed by atoms with Crippen molar-refractivity contribution >= 4 is 44.9 Å². The molecule has 0 spiro atoms. The molecule has 0 unspecified atom stereocenters. The predicted molar refractivity (Wildman–Crippen MR) is 139 cm³/mol. The van der Waals surface area contributed by atoms with Gasteiger partial charge in [-0.25, -0.2) is 4.18 Å². The van der Waals surface area contributed by atoms with Crippen molar-refractivity contribution in [3.05, 3.63) is 93.5 Å². The van der Waals surface area contributed by atoms with E-state index >= 15 is 0 Å². The largest absolute Gasteiger partial charge is 0.432 e. The Morgan fingerprint density at radius 2 is 1.27 bits per heavy atom. The minimum atomic E-state index is -6.23. The van der Waals surface area contributed by atoms with Crippen molar-refractivity contribution in [2.45, 2.75) is 31.8 Å². The lowest BCUT2D eigenvalue weighted by Crippen LogP contribution is -2.56. The molecule has 0 saturated carbocycles. The van der Waals surface area contributed by atoms with Gasteiger partial charge in [-0.1, -0.05) is 35.9 Å². The van der Waals surface area contributed by atoms with Crippen molar-refractivity contribution < 1.29 is 48.5 Å². The quantitative estimate of drug-likeness (QED) is 0.224. The molecular weight excluding hydrogens is 602 g/mol. The average Bonchev–Trinajstić information content (AvgIpc) is 2.82. The second-order valence-electron chi connectivity index (χ2n) is 8.95. The molecule has 7 nitrogen and oxygen atoms in total. The number of rotatable bonds is 7. The molecule has 41 heavy (non-hydrogen) atoms. The van der Waals surface area contributed by atoms with Crippen molar-refractivity contribution in [3.63, 3.8) is 0 Å². The van der Waals surface area contributed by atoms with Gasteiger partial charge in [-0.05, 0) is 61.4 Å². The van der Waals surface area contributed by atoms with Gasteiger partial charge in [0.05, 0.1) is 6.26 Å². The fraction of sp³-hybridized carbons (Fsp3) is 0.231. The summed E-state index contributed by atoms with van der Waals surface area (Å²) in [6, 6.07) is 12.6. The number of anilines is 2. The summed E-state index contributed by atoms with van der Waals surface area (Å²) in [5.74, 6) is -1.32. The predicted octanol–water partition coefficient (Wildman–Crippen LogP) is 6.76. The SMILES string of the molecule is Cc1cc(C(OS(C)(=O)=O)(C(F)(F)F)C(F)(F)F)cc(C)c1NC(=O)c1cccc(NC(=O)c2cccc(Cl)c2)c1. The summed E-state index contributed by atoms with van der Waals surface area (Å²) in [6.07, 6.45) is -12.4. The van der Waals surface area contributed by atoms with Crippen LogP contribution in [0.3, 0.4) is 0 Å². The van der Waals surface area contributed by atoms with Crippen LogP contribution in [0.4, 0.5) is 37.7 Å². The molecule has 0 aliphatic carbocycles. The highest BCUT2D eigenvalue weighted by Gasteiger charge is 2.75. The van der Waals surface area contributed by atoms with Gasteiger partial charge in [0.25, 0.3) is 21.9 Å². The molecule has 0 aliphatic rings. The van der Waals surface area contributed by atoms with Crippen LogP contribution in [-0.4, -0.2) is 38.8 Å². The molecule has 0 atom stereocenters. The van der Waals surface area contributed by atoms with Crippen molar-refractivity contribution in [2.75, 3.05) is 16.9 Å². The van der Waals surface area contributed by atoms with Crippen LogP contribution in [0.1, 0.15) is 37.4 Å². The number of aryl methyl sites for hydroxylation is 2. The maximum Gasteiger partial charge on any atom is 0.432 e. The van der Waals surface area contributed by atoms with Gasteiger partial charge in [0.2, 0.25) is 0 Å². The summed E-state index contributed by atoms with van der Waals surface area (Å²) in [4.78, 5) is 25.4. The van der Waals surface area contributed by atoms with E-state index in [9.17, 15) is 44.3 Å². The lowest BCUT2D eigenvalue weighted by Gasteiger charge is -2.36. The van der Waals surface area contributed by atoms with Crippen LogP contribution in [0.25, 0.3) is 0 Å². The molecule has 3 aromatic carbocycles. The Morgan fingerprint density at radius 3 is 1.76 bits per heavy atom. The number of amides is 2. The van der Waals surface area contributed by atoms with E-state index in [0.29, 0.717) is 17.2 Å². The highest BCUT2D eigenvalue weighted by Crippen LogP contribution is 2.54. The number of hydrogen-bond donors (Lipinski definition) is 2. The summed E-state index contributed by atoms with van der Waals surface area (Å²) >= 11 is 5.89. The highest BCUT2D eigenvalue weighted by molar-refractivity contribution is 7.86. The number of alkyl halides is 6. The number of benzene rings is 3. The van der Waals surface area contributed by atoms with E-state index in [0.717, 1.165) is 13.8 Å². The molecular formula is C26H21ClF6N2O5S.